The SMILES string of the molecule is C[C@@H](C=O)N(C(=O)O)c1cccc(Cl)c1. The van der Waals surface area contributed by atoms with Gasteiger partial charge >= 0.3 is 6.09 Å². The number of aldehydes is 1. The smallest absolute Gasteiger partial charge is 0.412 e. The van der Waals surface area contributed by atoms with Crippen LogP contribution in [0.5, 0.6) is 0 Å². The van der Waals surface area contributed by atoms with Crippen molar-refractivity contribution in [3.05, 3.63) is 29.3 Å². The van der Waals surface area contributed by atoms with E-state index in [1.807, 2.05) is 0 Å². The second kappa shape index (κ2) is 4.79. The van der Waals surface area contributed by atoms with E-state index in [4.69, 9.17) is 16.7 Å². The fraction of sp³-hybridized carbons (Fsp3) is 0.200. The third-order valence-corrected chi connectivity index (χ3v) is 2.13. The van der Waals surface area contributed by atoms with Gasteiger partial charge in [-0.05, 0) is 25.1 Å². The number of halogens is 1. The number of carboxylic acid groups (broad SMARTS) is 1. The monoisotopic (exact) mass is 227 g/mol. The summed E-state index contributed by atoms with van der Waals surface area (Å²) in [5, 5.41) is 9.37. The van der Waals surface area contributed by atoms with Crippen molar-refractivity contribution in [2.75, 3.05) is 4.90 Å². The standard InChI is InChI=1S/C10H10ClNO3/c1-7(6-13)12(10(14)15)9-4-2-3-8(11)5-9/h2-7H,1H3,(H,14,15)/t7-/m0/s1. The Kier molecular flexibility index (Phi) is 3.68. The second-order valence-corrected chi connectivity index (χ2v) is 3.45. The molecule has 5 heteroatoms. The van der Waals surface area contributed by atoms with Crippen molar-refractivity contribution in [3.63, 3.8) is 0 Å². The highest BCUT2D eigenvalue weighted by molar-refractivity contribution is 6.30. The van der Waals surface area contributed by atoms with Gasteiger partial charge in [-0.15, -0.1) is 0 Å². The molecular weight excluding hydrogens is 218 g/mol. The predicted octanol–water partition coefficient (Wildman–Crippen LogP) is 2.41. The molecule has 15 heavy (non-hydrogen) atoms. The number of anilines is 1. The third kappa shape index (κ3) is 2.70. The second-order valence-electron chi connectivity index (χ2n) is 3.01. The van der Waals surface area contributed by atoms with Crippen molar-refractivity contribution in [1.29, 1.82) is 0 Å². The summed E-state index contributed by atoms with van der Waals surface area (Å²) in [6.45, 7) is 1.50. The Bertz CT molecular complexity index is 381. The van der Waals surface area contributed by atoms with E-state index in [0.29, 0.717) is 17.0 Å². The first-order chi connectivity index (χ1) is 7.06. The highest BCUT2D eigenvalue weighted by Crippen LogP contribution is 2.21. The molecule has 0 heterocycles. The van der Waals surface area contributed by atoms with Crippen molar-refractivity contribution in [1.82, 2.24) is 0 Å². The van der Waals surface area contributed by atoms with Crippen LogP contribution in [0.1, 0.15) is 6.92 Å². The van der Waals surface area contributed by atoms with Gasteiger partial charge < -0.3 is 9.90 Å². The summed E-state index contributed by atoms with van der Waals surface area (Å²) in [6, 6.07) is 5.61. The minimum atomic E-state index is -1.18. The molecule has 80 valence electrons. The van der Waals surface area contributed by atoms with Crippen LogP contribution in [0, 0.1) is 0 Å². The minimum Gasteiger partial charge on any atom is -0.465 e. The van der Waals surface area contributed by atoms with Crippen molar-refractivity contribution in [2.24, 2.45) is 0 Å². The Labute approximate surface area is 92.1 Å². The van der Waals surface area contributed by atoms with Crippen LogP contribution in [-0.4, -0.2) is 23.5 Å². The van der Waals surface area contributed by atoms with E-state index < -0.39 is 12.1 Å². The molecule has 0 aliphatic carbocycles. The van der Waals surface area contributed by atoms with Crippen LogP contribution in [0.15, 0.2) is 24.3 Å². The number of benzene rings is 1. The Hall–Kier alpha value is -1.55. The summed E-state index contributed by atoms with van der Waals surface area (Å²) in [4.78, 5) is 22.5. The van der Waals surface area contributed by atoms with Gasteiger partial charge in [0.2, 0.25) is 0 Å². The molecule has 1 aromatic carbocycles. The number of hydrogen-bond acceptors (Lipinski definition) is 2. The maximum atomic E-state index is 10.9. The number of hydrogen-bond donors (Lipinski definition) is 1. The summed E-state index contributed by atoms with van der Waals surface area (Å²) >= 11 is 5.73. The summed E-state index contributed by atoms with van der Waals surface area (Å²) < 4.78 is 0. The van der Waals surface area contributed by atoms with E-state index in [2.05, 4.69) is 0 Å². The van der Waals surface area contributed by atoms with Gasteiger partial charge in [-0.3, -0.25) is 4.90 Å². The zero-order valence-corrected chi connectivity index (χ0v) is 8.81. The van der Waals surface area contributed by atoms with Gasteiger partial charge in [0.25, 0.3) is 0 Å². The largest absolute Gasteiger partial charge is 0.465 e. The van der Waals surface area contributed by atoms with E-state index >= 15 is 0 Å². The van der Waals surface area contributed by atoms with Gasteiger partial charge in [-0.1, -0.05) is 17.7 Å². The first-order valence-corrected chi connectivity index (χ1v) is 4.67. The molecule has 0 saturated heterocycles. The normalized spacial score (nSPS) is 11.9. The van der Waals surface area contributed by atoms with E-state index in [1.54, 1.807) is 18.2 Å². The molecule has 1 aromatic rings. The maximum Gasteiger partial charge on any atom is 0.412 e. The van der Waals surface area contributed by atoms with Gasteiger partial charge in [0.1, 0.15) is 6.29 Å². The zero-order valence-electron chi connectivity index (χ0n) is 8.05. The summed E-state index contributed by atoms with van der Waals surface area (Å²) in [5.74, 6) is 0. The van der Waals surface area contributed by atoms with Gasteiger partial charge in [0.05, 0.1) is 6.04 Å². The van der Waals surface area contributed by atoms with Crippen LogP contribution in [0.25, 0.3) is 0 Å². The van der Waals surface area contributed by atoms with Crippen LogP contribution >= 0.6 is 11.6 Å². The lowest BCUT2D eigenvalue weighted by Crippen LogP contribution is -2.38. The average Bonchev–Trinajstić information content (AvgIpc) is 2.17. The topological polar surface area (TPSA) is 57.6 Å². The molecule has 1 N–H and O–H groups in total. The lowest BCUT2D eigenvalue weighted by Gasteiger charge is -2.22. The molecule has 0 aromatic heterocycles. The molecule has 0 aliphatic heterocycles. The van der Waals surface area contributed by atoms with E-state index in [-0.39, 0.29) is 0 Å². The fourth-order valence-corrected chi connectivity index (χ4v) is 1.39. The quantitative estimate of drug-likeness (QED) is 0.807. The Balaban J connectivity index is 3.09. The first kappa shape index (κ1) is 11.5. The molecule has 1 rings (SSSR count). The fourth-order valence-electron chi connectivity index (χ4n) is 1.21. The molecule has 0 spiro atoms. The molecule has 1 atom stereocenters. The Morgan fingerprint density at radius 2 is 2.27 bits per heavy atom. The average molecular weight is 228 g/mol. The lowest BCUT2D eigenvalue weighted by molar-refractivity contribution is -0.108. The molecule has 0 aliphatic rings. The molecule has 0 fully saturated rings. The highest BCUT2D eigenvalue weighted by Gasteiger charge is 2.20. The number of rotatable bonds is 3. The van der Waals surface area contributed by atoms with Gasteiger partial charge in [-0.25, -0.2) is 4.79 Å². The minimum absolute atomic E-state index is 0.384. The van der Waals surface area contributed by atoms with Crippen LogP contribution < -0.4 is 4.90 Å². The molecule has 0 bridgehead atoms. The number of carbonyl (C=O) groups excluding carboxylic acids is 1. The van der Waals surface area contributed by atoms with Gasteiger partial charge in [0, 0.05) is 10.7 Å². The molecular formula is C10H10ClNO3. The van der Waals surface area contributed by atoms with Crippen molar-refractivity contribution < 1.29 is 14.7 Å². The van der Waals surface area contributed by atoms with E-state index in [0.717, 1.165) is 4.90 Å². The van der Waals surface area contributed by atoms with E-state index in [9.17, 15) is 9.59 Å². The van der Waals surface area contributed by atoms with E-state index in [1.165, 1.54) is 13.0 Å². The molecule has 4 nitrogen and oxygen atoms in total. The summed E-state index contributed by atoms with van der Waals surface area (Å²) in [5.41, 5.74) is 0.384. The van der Waals surface area contributed by atoms with Crippen molar-refractivity contribution >= 4 is 29.7 Å². The number of nitrogens with zero attached hydrogens (tertiary/aromatic N) is 1. The molecule has 0 radical (unpaired) electrons. The van der Waals surface area contributed by atoms with Crippen LogP contribution in [-0.2, 0) is 4.79 Å². The molecule has 1 amide bonds. The number of amides is 1. The van der Waals surface area contributed by atoms with Crippen LogP contribution in [0.2, 0.25) is 5.02 Å². The molecule has 0 saturated carbocycles. The highest BCUT2D eigenvalue weighted by atomic mass is 35.5. The lowest BCUT2D eigenvalue weighted by atomic mass is 10.2. The third-order valence-electron chi connectivity index (χ3n) is 1.90. The zero-order chi connectivity index (χ0) is 11.4. The Morgan fingerprint density at radius 3 is 2.73 bits per heavy atom. The number of carbonyl (C=O) groups is 2. The van der Waals surface area contributed by atoms with Gasteiger partial charge in [0.15, 0.2) is 0 Å². The summed E-state index contributed by atoms with van der Waals surface area (Å²) in [7, 11) is 0. The van der Waals surface area contributed by atoms with Gasteiger partial charge in [-0.2, -0.15) is 0 Å². The molecule has 0 unspecified atom stereocenters. The Morgan fingerprint density at radius 1 is 1.60 bits per heavy atom. The van der Waals surface area contributed by atoms with Crippen molar-refractivity contribution in [3.8, 4) is 0 Å². The maximum absolute atomic E-state index is 10.9. The van der Waals surface area contributed by atoms with Crippen molar-refractivity contribution in [2.45, 2.75) is 13.0 Å². The van der Waals surface area contributed by atoms with Crippen LogP contribution in [0.4, 0.5) is 10.5 Å². The van der Waals surface area contributed by atoms with Crippen LogP contribution in [0.3, 0.4) is 0 Å². The summed E-state index contributed by atoms with van der Waals surface area (Å²) in [6.07, 6.45) is -0.619. The first-order valence-electron chi connectivity index (χ1n) is 4.29. The predicted molar refractivity (Wildman–Crippen MR) is 57.5 cm³/mol.